The van der Waals surface area contributed by atoms with Crippen molar-refractivity contribution in [2.75, 3.05) is 5.32 Å². The van der Waals surface area contributed by atoms with Gasteiger partial charge in [0.25, 0.3) is 5.91 Å². The van der Waals surface area contributed by atoms with Crippen LogP contribution in [0.5, 0.6) is 23.0 Å². The van der Waals surface area contributed by atoms with Crippen molar-refractivity contribution in [3.63, 3.8) is 0 Å². The van der Waals surface area contributed by atoms with Gasteiger partial charge in [-0.1, -0.05) is 35.9 Å². The van der Waals surface area contributed by atoms with Crippen LogP contribution in [0.15, 0.2) is 103 Å². The summed E-state index contributed by atoms with van der Waals surface area (Å²) in [6, 6.07) is 31.7. The van der Waals surface area contributed by atoms with Crippen LogP contribution in [-0.4, -0.2) is 5.91 Å². The zero-order valence-corrected chi connectivity index (χ0v) is 16.5. The van der Waals surface area contributed by atoms with Gasteiger partial charge in [0, 0.05) is 11.3 Å². The summed E-state index contributed by atoms with van der Waals surface area (Å²) in [6.07, 6.45) is 0. The highest BCUT2D eigenvalue weighted by atomic mass is 16.5. The van der Waals surface area contributed by atoms with E-state index in [-0.39, 0.29) is 5.91 Å². The number of hydrogen-bond donors (Lipinski definition) is 1. The van der Waals surface area contributed by atoms with Gasteiger partial charge in [0.05, 0.1) is 0 Å². The molecule has 0 saturated heterocycles. The van der Waals surface area contributed by atoms with Crippen LogP contribution in [0.1, 0.15) is 15.9 Å². The first-order valence-electron chi connectivity index (χ1n) is 9.65. The lowest BCUT2D eigenvalue weighted by Crippen LogP contribution is -2.11. The molecule has 148 valence electrons. The van der Waals surface area contributed by atoms with Crippen LogP contribution in [0, 0.1) is 6.92 Å². The first kappa shape index (κ1) is 19.3. The van der Waals surface area contributed by atoms with Gasteiger partial charge in [-0.3, -0.25) is 4.79 Å². The molecule has 1 amide bonds. The molecule has 30 heavy (non-hydrogen) atoms. The fourth-order valence-electron chi connectivity index (χ4n) is 2.85. The van der Waals surface area contributed by atoms with Crippen molar-refractivity contribution >= 4 is 11.6 Å². The standard InChI is InChI=1S/C26H21NO3/c1-19-7-13-23(14-8-19)30-25-17-11-21(12-18-25)27-26(28)20-9-15-24(16-10-20)29-22-5-3-2-4-6-22/h2-18H,1H3,(H,27,28). The number of rotatable bonds is 6. The smallest absolute Gasteiger partial charge is 0.255 e. The summed E-state index contributed by atoms with van der Waals surface area (Å²) in [4.78, 5) is 12.5. The fraction of sp³-hybridized carbons (Fsp3) is 0.0385. The van der Waals surface area contributed by atoms with E-state index in [1.54, 1.807) is 24.3 Å². The molecule has 0 fully saturated rings. The molecule has 4 nitrogen and oxygen atoms in total. The second-order valence-corrected chi connectivity index (χ2v) is 6.83. The Morgan fingerprint density at radius 2 is 1.07 bits per heavy atom. The lowest BCUT2D eigenvalue weighted by atomic mass is 10.2. The van der Waals surface area contributed by atoms with Crippen LogP contribution < -0.4 is 14.8 Å². The minimum absolute atomic E-state index is 0.187. The van der Waals surface area contributed by atoms with E-state index in [0.29, 0.717) is 22.7 Å². The monoisotopic (exact) mass is 395 g/mol. The summed E-state index contributed by atoms with van der Waals surface area (Å²) in [5, 5.41) is 2.89. The maximum atomic E-state index is 12.5. The molecular formula is C26H21NO3. The van der Waals surface area contributed by atoms with Gasteiger partial charge >= 0.3 is 0 Å². The molecule has 0 unspecified atom stereocenters. The number of nitrogens with one attached hydrogen (secondary N) is 1. The molecule has 0 aromatic heterocycles. The fourth-order valence-corrected chi connectivity index (χ4v) is 2.85. The molecule has 1 N–H and O–H groups in total. The zero-order chi connectivity index (χ0) is 20.8. The minimum Gasteiger partial charge on any atom is -0.457 e. The highest BCUT2D eigenvalue weighted by Gasteiger charge is 2.07. The van der Waals surface area contributed by atoms with Crippen LogP contribution in [0.4, 0.5) is 5.69 Å². The Labute approximate surface area is 175 Å². The summed E-state index contributed by atoms with van der Waals surface area (Å²) in [7, 11) is 0. The molecule has 4 heteroatoms. The number of para-hydroxylation sites is 1. The zero-order valence-electron chi connectivity index (χ0n) is 16.5. The van der Waals surface area contributed by atoms with Gasteiger partial charge in [-0.05, 0) is 79.7 Å². The third-order valence-corrected chi connectivity index (χ3v) is 4.46. The lowest BCUT2D eigenvalue weighted by Gasteiger charge is -2.09. The number of aryl methyl sites for hydroxylation is 1. The Morgan fingerprint density at radius 1 is 0.600 bits per heavy atom. The third-order valence-electron chi connectivity index (χ3n) is 4.46. The average molecular weight is 395 g/mol. The van der Waals surface area contributed by atoms with Gasteiger partial charge in [-0.2, -0.15) is 0 Å². The number of benzene rings is 4. The first-order valence-corrected chi connectivity index (χ1v) is 9.65. The molecule has 0 aliphatic heterocycles. The molecule has 4 rings (SSSR count). The summed E-state index contributed by atoms with van der Waals surface area (Å²) in [5.74, 6) is 2.72. The Bertz CT molecular complexity index is 1100. The molecule has 0 atom stereocenters. The van der Waals surface area contributed by atoms with Gasteiger partial charge in [0.2, 0.25) is 0 Å². The van der Waals surface area contributed by atoms with Crippen molar-refractivity contribution in [2.45, 2.75) is 6.92 Å². The lowest BCUT2D eigenvalue weighted by molar-refractivity contribution is 0.102. The predicted molar refractivity (Wildman–Crippen MR) is 119 cm³/mol. The number of anilines is 1. The van der Waals surface area contributed by atoms with Crippen LogP contribution in [0.2, 0.25) is 0 Å². The van der Waals surface area contributed by atoms with Crippen LogP contribution in [0.25, 0.3) is 0 Å². The Hall–Kier alpha value is -4.05. The Balaban J connectivity index is 1.35. The van der Waals surface area contributed by atoms with E-state index < -0.39 is 0 Å². The van der Waals surface area contributed by atoms with Gasteiger partial charge < -0.3 is 14.8 Å². The molecular weight excluding hydrogens is 374 g/mol. The Morgan fingerprint density at radius 3 is 1.63 bits per heavy atom. The summed E-state index contributed by atoms with van der Waals surface area (Å²) in [6.45, 7) is 2.03. The normalized spacial score (nSPS) is 10.3. The van der Waals surface area contributed by atoms with Crippen LogP contribution in [-0.2, 0) is 0 Å². The van der Waals surface area contributed by atoms with Crippen molar-refractivity contribution in [1.29, 1.82) is 0 Å². The molecule has 0 spiro atoms. The first-order chi connectivity index (χ1) is 14.7. The molecule has 0 radical (unpaired) electrons. The predicted octanol–water partition coefficient (Wildman–Crippen LogP) is 6.83. The highest BCUT2D eigenvalue weighted by molar-refractivity contribution is 6.04. The van der Waals surface area contributed by atoms with Crippen molar-refractivity contribution < 1.29 is 14.3 Å². The maximum absolute atomic E-state index is 12.5. The second-order valence-electron chi connectivity index (χ2n) is 6.83. The SMILES string of the molecule is Cc1ccc(Oc2ccc(NC(=O)c3ccc(Oc4ccccc4)cc3)cc2)cc1. The van der Waals surface area contributed by atoms with E-state index in [1.807, 2.05) is 85.8 Å². The second kappa shape index (κ2) is 8.97. The minimum atomic E-state index is -0.187. The van der Waals surface area contributed by atoms with Crippen LogP contribution in [0.3, 0.4) is 0 Å². The molecule has 4 aromatic carbocycles. The van der Waals surface area contributed by atoms with Gasteiger partial charge in [0.15, 0.2) is 0 Å². The number of carbonyl (C=O) groups excluding carboxylic acids is 1. The summed E-state index contributed by atoms with van der Waals surface area (Å²) in [5.41, 5.74) is 2.43. The number of carbonyl (C=O) groups is 1. The molecule has 0 heterocycles. The molecule has 0 bridgehead atoms. The Kier molecular flexibility index (Phi) is 5.76. The maximum Gasteiger partial charge on any atom is 0.255 e. The van der Waals surface area contributed by atoms with E-state index in [2.05, 4.69) is 5.32 Å². The largest absolute Gasteiger partial charge is 0.457 e. The number of hydrogen-bond acceptors (Lipinski definition) is 3. The van der Waals surface area contributed by atoms with Crippen molar-refractivity contribution in [3.05, 3.63) is 114 Å². The molecule has 4 aromatic rings. The van der Waals surface area contributed by atoms with E-state index in [0.717, 1.165) is 11.5 Å². The van der Waals surface area contributed by atoms with Crippen molar-refractivity contribution in [2.24, 2.45) is 0 Å². The molecule has 0 aliphatic rings. The third kappa shape index (κ3) is 5.06. The van der Waals surface area contributed by atoms with E-state index in [1.165, 1.54) is 5.56 Å². The van der Waals surface area contributed by atoms with Gasteiger partial charge in [-0.15, -0.1) is 0 Å². The summed E-state index contributed by atoms with van der Waals surface area (Å²) >= 11 is 0. The van der Waals surface area contributed by atoms with E-state index in [4.69, 9.17) is 9.47 Å². The molecule has 0 aliphatic carbocycles. The van der Waals surface area contributed by atoms with Gasteiger partial charge in [-0.25, -0.2) is 0 Å². The number of ether oxygens (including phenoxy) is 2. The van der Waals surface area contributed by atoms with E-state index in [9.17, 15) is 4.79 Å². The quantitative estimate of drug-likeness (QED) is 0.389. The van der Waals surface area contributed by atoms with E-state index >= 15 is 0 Å². The van der Waals surface area contributed by atoms with Gasteiger partial charge in [0.1, 0.15) is 23.0 Å². The van der Waals surface area contributed by atoms with Crippen molar-refractivity contribution in [1.82, 2.24) is 0 Å². The number of amides is 1. The molecule has 0 saturated carbocycles. The van der Waals surface area contributed by atoms with Crippen molar-refractivity contribution in [3.8, 4) is 23.0 Å². The topological polar surface area (TPSA) is 47.6 Å². The van der Waals surface area contributed by atoms with Crippen LogP contribution >= 0.6 is 0 Å². The highest BCUT2D eigenvalue weighted by Crippen LogP contribution is 2.24. The average Bonchev–Trinajstić information content (AvgIpc) is 2.78. The summed E-state index contributed by atoms with van der Waals surface area (Å²) < 4.78 is 11.6.